The molecule has 0 amide bonds. The van der Waals surface area contributed by atoms with Crippen LogP contribution in [0.4, 0.5) is 0 Å². The van der Waals surface area contributed by atoms with Crippen molar-refractivity contribution in [3.8, 4) is 0 Å². The maximum atomic E-state index is 10.8. The molecule has 0 aromatic heterocycles. The van der Waals surface area contributed by atoms with Crippen molar-refractivity contribution in [3.05, 3.63) is 0 Å². The van der Waals surface area contributed by atoms with Crippen LogP contribution in [0.2, 0.25) is 0 Å². The van der Waals surface area contributed by atoms with Crippen molar-refractivity contribution < 1.29 is 13.6 Å². The highest BCUT2D eigenvalue weighted by Crippen LogP contribution is 2.27. The first-order valence-electron chi connectivity index (χ1n) is 3.33. The van der Waals surface area contributed by atoms with E-state index >= 15 is 0 Å². The summed E-state index contributed by atoms with van der Waals surface area (Å²) < 4.78 is 20.5. The minimum absolute atomic E-state index is 0. The molecule has 0 aliphatic carbocycles. The molecule has 68 valence electrons. The molecule has 0 saturated heterocycles. The Kier molecular flexibility index (Phi) is 8.30. The van der Waals surface area contributed by atoms with Crippen LogP contribution in [0.3, 0.4) is 0 Å². The molecule has 0 aliphatic heterocycles. The first-order chi connectivity index (χ1) is 4.52. The Hall–Kier alpha value is 0.0200. The molecule has 0 N–H and O–H groups in total. The molecular weight excluding hydrogens is 163 g/mol. The van der Waals surface area contributed by atoms with E-state index < -0.39 is 8.25 Å². The van der Waals surface area contributed by atoms with E-state index in [1.165, 1.54) is 0 Å². The van der Waals surface area contributed by atoms with Crippen LogP contribution in [-0.4, -0.2) is 12.2 Å². The Morgan fingerprint density at radius 1 is 1.00 bits per heavy atom. The fraction of sp³-hybridized carbons (Fsp3) is 1.00. The van der Waals surface area contributed by atoms with E-state index in [2.05, 4.69) is 0 Å². The number of hydrogen-bond acceptors (Lipinski definition) is 3. The maximum Gasteiger partial charge on any atom is 0.697 e. The van der Waals surface area contributed by atoms with Gasteiger partial charge in [0.15, 0.2) is 0 Å². The minimum atomic E-state index is -1.91. The van der Waals surface area contributed by atoms with Gasteiger partial charge in [-0.25, -0.2) is 0 Å². The van der Waals surface area contributed by atoms with Crippen LogP contribution in [0.1, 0.15) is 35.1 Å². The van der Waals surface area contributed by atoms with Gasteiger partial charge >= 0.3 is 8.25 Å². The molecule has 0 saturated carbocycles. The van der Waals surface area contributed by atoms with Gasteiger partial charge in [-0.2, -0.15) is 0 Å². The highest BCUT2D eigenvalue weighted by atomic mass is 31.1. The third-order valence-corrected chi connectivity index (χ3v) is 1.78. The molecule has 0 unspecified atom stereocenters. The van der Waals surface area contributed by atoms with Crippen LogP contribution in [-0.2, 0) is 13.6 Å². The summed E-state index contributed by atoms with van der Waals surface area (Å²) in [7, 11) is -1.91. The van der Waals surface area contributed by atoms with E-state index in [9.17, 15) is 4.57 Å². The summed E-state index contributed by atoms with van der Waals surface area (Å²) >= 11 is 0. The summed E-state index contributed by atoms with van der Waals surface area (Å²) in [4.78, 5) is 0. The van der Waals surface area contributed by atoms with Crippen molar-refractivity contribution in [2.45, 2.75) is 47.3 Å². The summed E-state index contributed by atoms with van der Waals surface area (Å²) in [6.45, 7) is 7.27. The van der Waals surface area contributed by atoms with Gasteiger partial charge < -0.3 is 0 Å². The van der Waals surface area contributed by atoms with Crippen molar-refractivity contribution in [2.24, 2.45) is 0 Å². The zero-order valence-corrected chi connectivity index (χ0v) is 7.72. The lowest BCUT2D eigenvalue weighted by Crippen LogP contribution is -2.00. The van der Waals surface area contributed by atoms with Crippen molar-refractivity contribution in [3.63, 3.8) is 0 Å². The summed E-state index contributed by atoms with van der Waals surface area (Å²) in [5, 5.41) is 0. The minimum Gasteiger partial charge on any atom is -0.116 e. The lowest BCUT2D eigenvalue weighted by Gasteiger charge is -1.94. The highest BCUT2D eigenvalue weighted by molar-refractivity contribution is 7.33. The van der Waals surface area contributed by atoms with Crippen LogP contribution in [0.15, 0.2) is 0 Å². The van der Waals surface area contributed by atoms with Gasteiger partial charge in [-0.1, -0.05) is 7.43 Å². The van der Waals surface area contributed by atoms with Crippen LogP contribution < -0.4 is 0 Å². The SMILES string of the molecule is C.CC(C)O[P+](=O)OC(C)C. The molecule has 0 aliphatic rings. The molecule has 4 heteroatoms. The second-order valence-corrected chi connectivity index (χ2v) is 3.40. The lowest BCUT2D eigenvalue weighted by molar-refractivity contribution is 0.161. The van der Waals surface area contributed by atoms with Crippen molar-refractivity contribution in [2.75, 3.05) is 0 Å². The first kappa shape index (κ1) is 13.6. The molecule has 0 heterocycles. The average molecular weight is 181 g/mol. The van der Waals surface area contributed by atoms with Gasteiger partial charge in [0, 0.05) is 4.57 Å². The van der Waals surface area contributed by atoms with E-state index in [4.69, 9.17) is 9.05 Å². The summed E-state index contributed by atoms with van der Waals surface area (Å²) in [5.74, 6) is 0. The van der Waals surface area contributed by atoms with E-state index in [1.807, 2.05) is 27.7 Å². The smallest absolute Gasteiger partial charge is 0.116 e. The van der Waals surface area contributed by atoms with Gasteiger partial charge in [-0.3, -0.25) is 0 Å². The predicted octanol–water partition coefficient (Wildman–Crippen LogP) is 3.13. The van der Waals surface area contributed by atoms with Gasteiger partial charge in [0.1, 0.15) is 12.2 Å². The Morgan fingerprint density at radius 2 is 1.27 bits per heavy atom. The van der Waals surface area contributed by atoms with Gasteiger partial charge in [0.2, 0.25) is 0 Å². The highest BCUT2D eigenvalue weighted by Gasteiger charge is 2.23. The zero-order valence-electron chi connectivity index (χ0n) is 6.83. The molecule has 0 rings (SSSR count). The topological polar surface area (TPSA) is 35.5 Å². The third kappa shape index (κ3) is 10.0. The lowest BCUT2D eigenvalue weighted by atomic mass is 10.5. The molecule has 0 atom stereocenters. The second kappa shape index (κ2) is 6.71. The van der Waals surface area contributed by atoms with Gasteiger partial charge in [-0.15, -0.1) is 9.05 Å². The van der Waals surface area contributed by atoms with Gasteiger partial charge in [0.05, 0.1) is 0 Å². The average Bonchev–Trinajstić information content (AvgIpc) is 1.58. The van der Waals surface area contributed by atoms with Crippen LogP contribution in [0.5, 0.6) is 0 Å². The normalized spacial score (nSPS) is 10.0. The Morgan fingerprint density at radius 3 is 1.45 bits per heavy atom. The van der Waals surface area contributed by atoms with E-state index in [0.717, 1.165) is 0 Å². The molecular formula is C7H18O3P+. The Bertz CT molecular complexity index is 100. The molecule has 0 spiro atoms. The quantitative estimate of drug-likeness (QED) is 0.625. The van der Waals surface area contributed by atoms with E-state index in [0.29, 0.717) is 0 Å². The number of rotatable bonds is 4. The molecule has 0 aromatic rings. The van der Waals surface area contributed by atoms with Crippen LogP contribution >= 0.6 is 8.25 Å². The summed E-state index contributed by atoms with van der Waals surface area (Å²) in [6.07, 6.45) is -0.0790. The van der Waals surface area contributed by atoms with E-state index in [-0.39, 0.29) is 19.6 Å². The Labute approximate surface area is 70.0 Å². The molecule has 0 radical (unpaired) electrons. The molecule has 0 fully saturated rings. The first-order valence-corrected chi connectivity index (χ1v) is 4.42. The Balaban J connectivity index is 0. The van der Waals surface area contributed by atoms with E-state index in [1.54, 1.807) is 0 Å². The zero-order chi connectivity index (χ0) is 8.15. The summed E-state index contributed by atoms with van der Waals surface area (Å²) in [6, 6.07) is 0. The third-order valence-electron chi connectivity index (χ3n) is 0.594. The largest absolute Gasteiger partial charge is 0.697 e. The maximum absolute atomic E-state index is 10.8. The molecule has 0 bridgehead atoms. The van der Waals surface area contributed by atoms with Crippen molar-refractivity contribution >= 4 is 8.25 Å². The fourth-order valence-electron chi connectivity index (χ4n) is 0.369. The molecule has 11 heavy (non-hydrogen) atoms. The second-order valence-electron chi connectivity index (χ2n) is 2.53. The summed E-state index contributed by atoms with van der Waals surface area (Å²) in [5.41, 5.74) is 0. The van der Waals surface area contributed by atoms with Crippen molar-refractivity contribution in [1.29, 1.82) is 0 Å². The monoisotopic (exact) mass is 181 g/mol. The standard InChI is InChI=1S/C6H14O3P.CH4/c1-5(2)8-10(7)9-6(3)4;/h5-6H,1-4H3;1H4/q+1;. The fourth-order valence-corrected chi connectivity index (χ4v) is 1.11. The van der Waals surface area contributed by atoms with Crippen LogP contribution in [0.25, 0.3) is 0 Å². The molecule has 3 nitrogen and oxygen atoms in total. The predicted molar refractivity (Wildman–Crippen MR) is 46.8 cm³/mol. The van der Waals surface area contributed by atoms with Gasteiger partial charge in [0.25, 0.3) is 0 Å². The molecule has 0 aromatic carbocycles. The number of hydrogen-bond donors (Lipinski definition) is 0. The van der Waals surface area contributed by atoms with Gasteiger partial charge in [-0.05, 0) is 27.7 Å². The van der Waals surface area contributed by atoms with Crippen LogP contribution in [0, 0.1) is 0 Å². The van der Waals surface area contributed by atoms with Crippen molar-refractivity contribution in [1.82, 2.24) is 0 Å².